The molecule has 0 saturated heterocycles. The van der Waals surface area contributed by atoms with Gasteiger partial charge in [0.05, 0.1) is 14.2 Å². The summed E-state index contributed by atoms with van der Waals surface area (Å²) in [6.07, 6.45) is 2.43. The van der Waals surface area contributed by atoms with Crippen LogP contribution in [0.2, 0.25) is 0 Å². The lowest BCUT2D eigenvalue weighted by molar-refractivity contribution is 0.333. The highest BCUT2D eigenvalue weighted by Gasteiger charge is 2.18. The van der Waals surface area contributed by atoms with Crippen molar-refractivity contribution < 1.29 is 13.9 Å². The minimum Gasteiger partial charge on any atom is -0.492 e. The van der Waals surface area contributed by atoms with Gasteiger partial charge in [0, 0.05) is 5.56 Å². The maximum absolute atomic E-state index is 13.8. The molecule has 0 heterocycles. The quantitative estimate of drug-likeness (QED) is 0.869. The van der Waals surface area contributed by atoms with Crippen LogP contribution in [0.25, 0.3) is 0 Å². The molecule has 0 spiro atoms. The molecule has 0 unspecified atom stereocenters. The smallest absolute Gasteiger partial charge is 0.197 e. The molecule has 0 aliphatic carbocycles. The number of hydrogen-bond acceptors (Lipinski definition) is 3. The molecule has 2 N–H and O–H groups in total. The molecule has 0 bridgehead atoms. The molecule has 1 rings (SSSR count). The third kappa shape index (κ3) is 3.50. The molecule has 0 radical (unpaired) electrons. The molecule has 0 atom stereocenters. The minimum atomic E-state index is -0.396. The van der Waals surface area contributed by atoms with Gasteiger partial charge in [-0.1, -0.05) is 13.3 Å². The summed E-state index contributed by atoms with van der Waals surface area (Å²) in [4.78, 5) is 0. The van der Waals surface area contributed by atoms with Gasteiger partial charge in [-0.05, 0) is 31.0 Å². The highest BCUT2D eigenvalue weighted by atomic mass is 35.5. The number of benzene rings is 1. The van der Waals surface area contributed by atoms with Gasteiger partial charge in [-0.25, -0.2) is 4.39 Å². The van der Waals surface area contributed by atoms with Gasteiger partial charge in [0.2, 0.25) is 0 Å². The molecule has 0 saturated carbocycles. The first-order valence-corrected chi connectivity index (χ1v) is 5.81. The van der Waals surface area contributed by atoms with Crippen LogP contribution in [0.3, 0.4) is 0 Å². The molecule has 0 aromatic heterocycles. The molecule has 3 nitrogen and oxygen atoms in total. The first kappa shape index (κ1) is 17.0. The molecule has 18 heavy (non-hydrogen) atoms. The molecule has 0 aliphatic heterocycles. The Labute approximate surface area is 114 Å². The Morgan fingerprint density at radius 1 is 1.17 bits per heavy atom. The van der Waals surface area contributed by atoms with Gasteiger partial charge in [0.1, 0.15) is 0 Å². The van der Waals surface area contributed by atoms with Gasteiger partial charge in [0.15, 0.2) is 17.3 Å². The number of methoxy groups -OCH3 is 2. The molecule has 0 aliphatic rings. The monoisotopic (exact) mass is 277 g/mol. The Balaban J connectivity index is 0.00000289. The second-order valence-corrected chi connectivity index (χ2v) is 3.85. The third-order valence-electron chi connectivity index (χ3n) is 2.71. The maximum Gasteiger partial charge on any atom is 0.197 e. The van der Waals surface area contributed by atoms with E-state index in [1.54, 1.807) is 0 Å². The van der Waals surface area contributed by atoms with Crippen molar-refractivity contribution in [1.29, 1.82) is 0 Å². The second-order valence-electron chi connectivity index (χ2n) is 3.85. The summed E-state index contributed by atoms with van der Waals surface area (Å²) in [5, 5.41) is 0. The van der Waals surface area contributed by atoms with Crippen molar-refractivity contribution in [2.75, 3.05) is 20.8 Å². The Kier molecular flexibility index (Phi) is 7.71. The van der Waals surface area contributed by atoms with E-state index in [1.807, 2.05) is 0 Å². The van der Waals surface area contributed by atoms with Gasteiger partial charge in [-0.3, -0.25) is 0 Å². The Hall–Kier alpha value is -1.00. The van der Waals surface area contributed by atoms with Crippen molar-refractivity contribution in [1.82, 2.24) is 0 Å². The third-order valence-corrected chi connectivity index (χ3v) is 2.71. The van der Waals surface area contributed by atoms with Crippen LogP contribution in [-0.4, -0.2) is 20.8 Å². The normalized spacial score (nSPS) is 9.83. The van der Waals surface area contributed by atoms with E-state index in [4.69, 9.17) is 15.2 Å². The second kappa shape index (κ2) is 8.16. The number of halogens is 2. The van der Waals surface area contributed by atoms with E-state index in [2.05, 4.69) is 6.92 Å². The molecule has 0 fully saturated rings. The van der Waals surface area contributed by atoms with Crippen LogP contribution in [0.1, 0.15) is 24.5 Å². The van der Waals surface area contributed by atoms with Crippen LogP contribution in [0.5, 0.6) is 11.5 Å². The van der Waals surface area contributed by atoms with E-state index < -0.39 is 5.82 Å². The molecule has 104 valence electrons. The molecule has 1 aromatic rings. The fourth-order valence-electron chi connectivity index (χ4n) is 2.01. The number of hydrogen-bond donors (Lipinski definition) is 1. The lowest BCUT2D eigenvalue weighted by atomic mass is 9.98. The molecular formula is C13H21ClFNO2. The van der Waals surface area contributed by atoms with Crippen LogP contribution >= 0.6 is 12.4 Å². The maximum atomic E-state index is 13.8. The summed E-state index contributed by atoms with van der Waals surface area (Å²) < 4.78 is 24.1. The van der Waals surface area contributed by atoms with E-state index >= 15 is 0 Å². The lowest BCUT2D eigenvalue weighted by Crippen LogP contribution is -2.08. The lowest BCUT2D eigenvalue weighted by Gasteiger charge is -2.17. The molecule has 0 amide bonds. The molecule has 5 heteroatoms. The Morgan fingerprint density at radius 3 is 2.22 bits per heavy atom. The van der Waals surface area contributed by atoms with Gasteiger partial charge in [-0.15, -0.1) is 12.4 Å². The van der Waals surface area contributed by atoms with Gasteiger partial charge in [-0.2, -0.15) is 0 Å². The van der Waals surface area contributed by atoms with E-state index in [0.717, 1.165) is 24.0 Å². The predicted octanol–water partition coefficient (Wildman–Crippen LogP) is 2.72. The van der Waals surface area contributed by atoms with E-state index in [0.29, 0.717) is 18.7 Å². The Morgan fingerprint density at radius 2 is 1.78 bits per heavy atom. The highest BCUT2D eigenvalue weighted by molar-refractivity contribution is 5.85. The SMILES string of the molecule is CCCc1c(CCN)cc(F)c(OC)c1OC.Cl. The van der Waals surface area contributed by atoms with E-state index in [-0.39, 0.29) is 18.2 Å². The first-order chi connectivity index (χ1) is 8.19. The topological polar surface area (TPSA) is 44.5 Å². The number of nitrogens with two attached hydrogens (primary N) is 1. The zero-order valence-electron chi connectivity index (χ0n) is 11.1. The zero-order valence-corrected chi connectivity index (χ0v) is 11.9. The molecule has 1 aromatic carbocycles. The van der Waals surface area contributed by atoms with Crippen molar-refractivity contribution in [2.24, 2.45) is 5.73 Å². The minimum absolute atomic E-state index is 0. The summed E-state index contributed by atoms with van der Waals surface area (Å²) in [7, 11) is 2.97. The number of rotatable bonds is 6. The van der Waals surface area contributed by atoms with Crippen LogP contribution in [0.4, 0.5) is 4.39 Å². The predicted molar refractivity (Wildman–Crippen MR) is 73.5 cm³/mol. The summed E-state index contributed by atoms with van der Waals surface area (Å²) in [5.41, 5.74) is 7.45. The van der Waals surface area contributed by atoms with Crippen LogP contribution in [0, 0.1) is 5.82 Å². The zero-order chi connectivity index (χ0) is 12.8. The standard InChI is InChI=1S/C13H20FNO2.ClH/c1-4-5-10-9(6-7-15)8-11(14)13(17-3)12(10)16-2;/h8H,4-7,15H2,1-3H3;1H. The van der Waals surface area contributed by atoms with Crippen LogP contribution in [0.15, 0.2) is 6.07 Å². The van der Waals surface area contributed by atoms with E-state index in [9.17, 15) is 4.39 Å². The van der Waals surface area contributed by atoms with Crippen molar-refractivity contribution in [3.05, 3.63) is 23.0 Å². The van der Waals surface area contributed by atoms with Crippen LogP contribution in [-0.2, 0) is 12.8 Å². The summed E-state index contributed by atoms with van der Waals surface area (Å²) in [6.45, 7) is 2.56. The summed E-state index contributed by atoms with van der Waals surface area (Å²) in [5.74, 6) is 0.280. The fraction of sp³-hybridized carbons (Fsp3) is 0.538. The van der Waals surface area contributed by atoms with Crippen molar-refractivity contribution in [3.8, 4) is 11.5 Å². The van der Waals surface area contributed by atoms with Crippen molar-refractivity contribution in [2.45, 2.75) is 26.2 Å². The van der Waals surface area contributed by atoms with Gasteiger partial charge in [0.25, 0.3) is 0 Å². The van der Waals surface area contributed by atoms with Gasteiger partial charge < -0.3 is 15.2 Å². The van der Waals surface area contributed by atoms with Crippen molar-refractivity contribution >= 4 is 12.4 Å². The van der Waals surface area contributed by atoms with E-state index in [1.165, 1.54) is 20.3 Å². The summed E-state index contributed by atoms with van der Waals surface area (Å²) >= 11 is 0. The summed E-state index contributed by atoms with van der Waals surface area (Å²) in [6, 6.07) is 1.50. The fourth-order valence-corrected chi connectivity index (χ4v) is 2.01. The largest absolute Gasteiger partial charge is 0.492 e. The van der Waals surface area contributed by atoms with Gasteiger partial charge >= 0.3 is 0 Å². The highest BCUT2D eigenvalue weighted by Crippen LogP contribution is 2.37. The number of ether oxygens (including phenoxy) is 2. The Bertz CT molecular complexity index is 386. The average Bonchev–Trinajstić information content (AvgIpc) is 2.32. The van der Waals surface area contributed by atoms with Crippen molar-refractivity contribution in [3.63, 3.8) is 0 Å². The average molecular weight is 278 g/mol. The molecular weight excluding hydrogens is 257 g/mol. The first-order valence-electron chi connectivity index (χ1n) is 5.81. The van der Waals surface area contributed by atoms with Crippen LogP contribution < -0.4 is 15.2 Å².